The lowest BCUT2D eigenvalue weighted by molar-refractivity contribution is 0.0769. The molecule has 0 amide bonds. The molecule has 1 saturated heterocycles. The highest BCUT2D eigenvalue weighted by atomic mass is 32.2. The van der Waals surface area contributed by atoms with Gasteiger partial charge in [0.25, 0.3) is 0 Å². The molecule has 2 aromatic heterocycles. The Hall–Kier alpha value is -3.40. The van der Waals surface area contributed by atoms with Crippen molar-refractivity contribution >= 4 is 17.9 Å². The summed E-state index contributed by atoms with van der Waals surface area (Å²) in [6, 6.07) is 16.4. The van der Waals surface area contributed by atoms with Crippen LogP contribution in [0.3, 0.4) is 0 Å². The summed E-state index contributed by atoms with van der Waals surface area (Å²) < 4.78 is 16.8. The van der Waals surface area contributed by atoms with Gasteiger partial charge in [0.1, 0.15) is 5.75 Å². The first-order valence-electron chi connectivity index (χ1n) is 11.5. The fourth-order valence-corrected chi connectivity index (χ4v) is 4.70. The number of rotatable bonds is 7. The summed E-state index contributed by atoms with van der Waals surface area (Å²) in [7, 11) is 1.89. The third-order valence-corrected chi connectivity index (χ3v) is 6.54. The molecule has 2 N–H and O–H groups in total. The molecule has 0 saturated carbocycles. The first-order chi connectivity index (χ1) is 17.0. The summed E-state index contributed by atoms with van der Waals surface area (Å²) in [6.45, 7) is 6.46. The molecule has 0 spiro atoms. The Bertz CT molecular complexity index is 1280. The Morgan fingerprint density at radius 3 is 2.60 bits per heavy atom. The highest BCUT2D eigenvalue weighted by molar-refractivity contribution is 8.00. The molecule has 1 atom stereocenters. The largest absolute Gasteiger partial charge is 0.439 e. The van der Waals surface area contributed by atoms with Gasteiger partial charge < -0.3 is 14.8 Å². The van der Waals surface area contributed by atoms with E-state index in [1.165, 1.54) is 17.5 Å². The van der Waals surface area contributed by atoms with Crippen LogP contribution in [-0.4, -0.2) is 39.5 Å². The van der Waals surface area contributed by atoms with Crippen LogP contribution >= 0.6 is 11.9 Å². The molecule has 180 valence electrons. The second-order valence-corrected chi connectivity index (χ2v) is 9.37. The van der Waals surface area contributed by atoms with E-state index < -0.39 is 0 Å². The molecule has 0 aliphatic carbocycles. The first-order valence-corrected chi connectivity index (χ1v) is 12.3. The fraction of sp³-hybridized carbons (Fsp3) is 0.269. The monoisotopic (exact) mass is 488 g/mol. The van der Waals surface area contributed by atoms with Gasteiger partial charge >= 0.3 is 0 Å². The summed E-state index contributed by atoms with van der Waals surface area (Å²) in [4.78, 5) is 10.4. The Morgan fingerprint density at radius 2 is 1.91 bits per heavy atom. The number of nitrogens with zero attached hydrogens (tertiary/aromatic N) is 4. The number of nitrogens with one attached hydrogen (secondary N) is 2. The maximum atomic E-state index is 6.19. The van der Waals surface area contributed by atoms with Gasteiger partial charge in [-0.25, -0.2) is 4.98 Å². The van der Waals surface area contributed by atoms with E-state index >= 15 is 0 Å². The molecule has 0 bridgehead atoms. The van der Waals surface area contributed by atoms with Crippen LogP contribution in [0.5, 0.6) is 11.6 Å². The third kappa shape index (κ3) is 5.64. The van der Waals surface area contributed by atoms with Crippen molar-refractivity contribution in [3.05, 3.63) is 77.6 Å². The number of aromatic nitrogens is 4. The molecule has 1 aliphatic rings. The first kappa shape index (κ1) is 23.3. The normalized spacial score (nSPS) is 15.7. The standard InChI is InChI=1S/C26H28N6O2S/c1-17-5-4-6-18(2)25(17)22-13-24(30-26(29-22)31-35-21-14-28-32(3)15-21)34-20-9-7-19(8-10-20)23-16-33-12-11-27-23/h4-10,13-15,23,27H,11-12,16H2,1-3H3,(H,29,30,31). The van der Waals surface area contributed by atoms with Crippen molar-refractivity contribution < 1.29 is 9.47 Å². The zero-order valence-corrected chi connectivity index (χ0v) is 20.8. The minimum Gasteiger partial charge on any atom is -0.439 e. The summed E-state index contributed by atoms with van der Waals surface area (Å²) in [6.07, 6.45) is 3.72. The van der Waals surface area contributed by atoms with Crippen LogP contribution in [0, 0.1) is 13.8 Å². The van der Waals surface area contributed by atoms with Gasteiger partial charge in [-0.15, -0.1) is 0 Å². The molecule has 1 unspecified atom stereocenters. The number of benzene rings is 2. The molecule has 3 heterocycles. The summed E-state index contributed by atoms with van der Waals surface area (Å²) in [5, 5.41) is 7.68. The topological polar surface area (TPSA) is 86.1 Å². The molecule has 8 nitrogen and oxygen atoms in total. The van der Waals surface area contributed by atoms with Gasteiger partial charge in [0.05, 0.1) is 36.0 Å². The van der Waals surface area contributed by atoms with Crippen LogP contribution < -0.4 is 14.8 Å². The van der Waals surface area contributed by atoms with Crippen LogP contribution in [0.25, 0.3) is 11.3 Å². The van der Waals surface area contributed by atoms with Crippen molar-refractivity contribution in [3.8, 4) is 22.9 Å². The summed E-state index contributed by atoms with van der Waals surface area (Å²) in [5.74, 6) is 1.65. The fourth-order valence-electron chi connectivity index (χ4n) is 4.09. The predicted molar refractivity (Wildman–Crippen MR) is 138 cm³/mol. The van der Waals surface area contributed by atoms with E-state index in [0.717, 1.165) is 40.4 Å². The number of aryl methyl sites for hydroxylation is 3. The molecule has 1 aliphatic heterocycles. The SMILES string of the molecule is Cc1cccc(C)c1-c1cc(Oc2ccc(C3COCCN3)cc2)nc(NSc2cnn(C)c2)n1. The highest BCUT2D eigenvalue weighted by Crippen LogP contribution is 2.32. The van der Waals surface area contributed by atoms with E-state index in [9.17, 15) is 0 Å². The molecule has 5 rings (SSSR count). The second-order valence-electron chi connectivity index (χ2n) is 8.49. The Labute approximate surface area is 209 Å². The van der Waals surface area contributed by atoms with E-state index in [2.05, 4.69) is 64.3 Å². The molecule has 1 fully saturated rings. The molecular weight excluding hydrogens is 460 g/mol. The summed E-state index contributed by atoms with van der Waals surface area (Å²) in [5.41, 5.74) is 5.35. The van der Waals surface area contributed by atoms with Crippen LogP contribution in [-0.2, 0) is 11.8 Å². The lowest BCUT2D eigenvalue weighted by atomic mass is 10.00. The minimum absolute atomic E-state index is 0.202. The van der Waals surface area contributed by atoms with Crippen molar-refractivity contribution in [2.45, 2.75) is 24.8 Å². The average molecular weight is 489 g/mol. The summed E-state index contributed by atoms with van der Waals surface area (Å²) >= 11 is 1.41. The Balaban J connectivity index is 1.42. The maximum absolute atomic E-state index is 6.19. The zero-order valence-electron chi connectivity index (χ0n) is 20.0. The number of ether oxygens (including phenoxy) is 2. The van der Waals surface area contributed by atoms with Gasteiger partial charge in [-0.3, -0.25) is 9.40 Å². The average Bonchev–Trinajstić information content (AvgIpc) is 3.29. The second kappa shape index (κ2) is 10.5. The lowest BCUT2D eigenvalue weighted by Gasteiger charge is -2.24. The van der Waals surface area contributed by atoms with E-state index in [1.807, 2.05) is 31.4 Å². The number of morpholine rings is 1. The van der Waals surface area contributed by atoms with Gasteiger partial charge in [0, 0.05) is 31.4 Å². The van der Waals surface area contributed by atoms with Gasteiger partial charge in [0.15, 0.2) is 0 Å². The molecular formula is C26H28N6O2S. The molecule has 0 radical (unpaired) electrons. The van der Waals surface area contributed by atoms with Gasteiger partial charge in [-0.05, 0) is 54.6 Å². The minimum atomic E-state index is 0.202. The van der Waals surface area contributed by atoms with Gasteiger partial charge in [0.2, 0.25) is 11.8 Å². The molecule has 35 heavy (non-hydrogen) atoms. The van der Waals surface area contributed by atoms with Crippen molar-refractivity contribution in [3.63, 3.8) is 0 Å². The smallest absolute Gasteiger partial charge is 0.237 e. The lowest BCUT2D eigenvalue weighted by Crippen LogP contribution is -2.34. The third-order valence-electron chi connectivity index (χ3n) is 5.81. The van der Waals surface area contributed by atoms with Crippen molar-refractivity contribution in [1.29, 1.82) is 0 Å². The van der Waals surface area contributed by atoms with Crippen LogP contribution in [0.2, 0.25) is 0 Å². The van der Waals surface area contributed by atoms with Crippen LogP contribution in [0.1, 0.15) is 22.7 Å². The van der Waals surface area contributed by atoms with Crippen molar-refractivity contribution in [1.82, 2.24) is 25.1 Å². The maximum Gasteiger partial charge on any atom is 0.237 e. The van der Waals surface area contributed by atoms with E-state index in [0.29, 0.717) is 24.2 Å². The molecule has 9 heteroatoms. The van der Waals surface area contributed by atoms with Crippen molar-refractivity contribution in [2.75, 3.05) is 24.5 Å². The van der Waals surface area contributed by atoms with Gasteiger partial charge in [-0.1, -0.05) is 30.3 Å². The van der Waals surface area contributed by atoms with Crippen LogP contribution in [0.15, 0.2) is 65.8 Å². The van der Waals surface area contributed by atoms with Crippen molar-refractivity contribution in [2.24, 2.45) is 7.05 Å². The van der Waals surface area contributed by atoms with E-state index in [-0.39, 0.29) is 6.04 Å². The van der Waals surface area contributed by atoms with Gasteiger partial charge in [-0.2, -0.15) is 10.1 Å². The molecule has 4 aromatic rings. The number of hydrogen-bond donors (Lipinski definition) is 2. The van der Waals surface area contributed by atoms with E-state index in [4.69, 9.17) is 14.5 Å². The zero-order chi connectivity index (χ0) is 24.2. The van der Waals surface area contributed by atoms with Crippen LogP contribution in [0.4, 0.5) is 5.95 Å². The van der Waals surface area contributed by atoms with E-state index in [1.54, 1.807) is 10.9 Å². The Morgan fingerprint density at radius 1 is 1.11 bits per heavy atom. The highest BCUT2D eigenvalue weighted by Gasteiger charge is 2.16. The Kier molecular flexibility index (Phi) is 6.98. The number of anilines is 1. The predicted octanol–water partition coefficient (Wildman–Crippen LogP) is 5.07. The molecule has 2 aromatic carbocycles. The quantitative estimate of drug-likeness (QED) is 0.349. The number of hydrogen-bond acceptors (Lipinski definition) is 8.